The van der Waals surface area contributed by atoms with Gasteiger partial charge in [0.2, 0.25) is 0 Å². The molecule has 4 rings (SSSR count). The molecule has 170 valence electrons. The van der Waals surface area contributed by atoms with Crippen LogP contribution in [0.4, 0.5) is 0 Å². The molecule has 0 amide bonds. The number of carbonyl (C=O) groups is 4. The quantitative estimate of drug-likeness (QED) is 0.659. The zero-order chi connectivity index (χ0) is 22.6. The van der Waals surface area contributed by atoms with Crippen LogP contribution in [0, 0.1) is 34.5 Å². The van der Waals surface area contributed by atoms with Gasteiger partial charge >= 0.3 is 11.9 Å². The van der Waals surface area contributed by atoms with Gasteiger partial charge in [0.25, 0.3) is 0 Å². The maximum Gasteiger partial charge on any atom is 0.306 e. The summed E-state index contributed by atoms with van der Waals surface area (Å²) >= 11 is 0. The van der Waals surface area contributed by atoms with Gasteiger partial charge in [0.05, 0.1) is 12.8 Å². The summed E-state index contributed by atoms with van der Waals surface area (Å²) in [5.74, 6) is -0.248. The first-order valence-electron chi connectivity index (χ1n) is 11.7. The number of carbonyl (C=O) groups excluding carboxylic acids is 3. The first kappa shape index (κ1) is 22.2. The highest BCUT2D eigenvalue weighted by molar-refractivity contribution is 5.91. The number of fused-ring (bicyclic) bond motifs is 5. The molecule has 0 bridgehead atoms. The fraction of sp³-hybridized carbons (Fsp3) is 0.760. The van der Waals surface area contributed by atoms with Gasteiger partial charge in [-0.25, -0.2) is 0 Å². The zero-order valence-corrected chi connectivity index (χ0v) is 18.8. The maximum absolute atomic E-state index is 12.6. The molecule has 3 fully saturated rings. The van der Waals surface area contributed by atoms with E-state index >= 15 is 0 Å². The molecule has 0 saturated heterocycles. The van der Waals surface area contributed by atoms with Gasteiger partial charge in [-0.05, 0) is 74.2 Å². The number of rotatable bonds is 5. The Kier molecular flexibility index (Phi) is 5.63. The largest absolute Gasteiger partial charge is 0.481 e. The number of hydrogen-bond acceptors (Lipinski definition) is 5. The molecular weight excluding hydrogens is 396 g/mol. The highest BCUT2D eigenvalue weighted by Crippen LogP contribution is 2.67. The second kappa shape index (κ2) is 7.86. The Morgan fingerprint density at radius 1 is 1.13 bits per heavy atom. The normalized spacial score (nSPS) is 41.5. The van der Waals surface area contributed by atoms with Crippen LogP contribution < -0.4 is 0 Å². The van der Waals surface area contributed by atoms with Crippen LogP contribution in [0.25, 0.3) is 0 Å². The Balaban J connectivity index is 1.70. The van der Waals surface area contributed by atoms with Gasteiger partial charge in [-0.15, -0.1) is 0 Å². The topological polar surface area (TPSA) is 97.7 Å². The number of hydrogen-bond donors (Lipinski definition) is 1. The van der Waals surface area contributed by atoms with Crippen molar-refractivity contribution in [3.8, 4) is 0 Å². The van der Waals surface area contributed by atoms with Crippen LogP contribution >= 0.6 is 0 Å². The van der Waals surface area contributed by atoms with Gasteiger partial charge in [0, 0.05) is 18.3 Å². The van der Waals surface area contributed by atoms with Crippen LogP contribution in [-0.2, 0) is 23.9 Å². The number of carboxylic acids is 1. The molecule has 31 heavy (non-hydrogen) atoms. The Labute approximate surface area is 183 Å². The third-order valence-corrected chi connectivity index (χ3v) is 9.19. The summed E-state index contributed by atoms with van der Waals surface area (Å²) in [5.41, 5.74) is 0.790. The van der Waals surface area contributed by atoms with Gasteiger partial charge in [0.1, 0.15) is 11.9 Å². The minimum absolute atomic E-state index is 0.0173. The van der Waals surface area contributed by atoms with Crippen molar-refractivity contribution < 1.29 is 29.0 Å². The average molecular weight is 431 g/mol. The lowest BCUT2D eigenvalue weighted by atomic mass is 9.46. The molecule has 0 heterocycles. The molecule has 0 spiro atoms. The minimum atomic E-state index is -1.02. The zero-order valence-electron chi connectivity index (χ0n) is 18.8. The molecule has 4 aliphatic rings. The van der Waals surface area contributed by atoms with Crippen LogP contribution in [0.2, 0.25) is 0 Å². The lowest BCUT2D eigenvalue weighted by Gasteiger charge is -2.60. The van der Waals surface area contributed by atoms with Gasteiger partial charge in [-0.3, -0.25) is 19.2 Å². The molecule has 0 aromatic carbocycles. The Bertz CT molecular complexity index is 843. The Hall–Kier alpha value is -1.98. The Morgan fingerprint density at radius 2 is 1.87 bits per heavy atom. The van der Waals surface area contributed by atoms with E-state index in [0.29, 0.717) is 24.7 Å². The Morgan fingerprint density at radius 3 is 2.55 bits per heavy atom. The molecule has 6 unspecified atom stereocenters. The van der Waals surface area contributed by atoms with Crippen molar-refractivity contribution in [1.82, 2.24) is 0 Å². The molecular formula is C25H34O6. The number of ether oxygens (including phenoxy) is 1. The van der Waals surface area contributed by atoms with Crippen LogP contribution in [0.5, 0.6) is 0 Å². The van der Waals surface area contributed by atoms with Gasteiger partial charge in [0.15, 0.2) is 5.78 Å². The van der Waals surface area contributed by atoms with Crippen molar-refractivity contribution in [2.45, 2.75) is 84.7 Å². The van der Waals surface area contributed by atoms with E-state index in [1.807, 2.05) is 6.08 Å². The number of aliphatic carboxylic acids is 1. The van der Waals surface area contributed by atoms with Crippen molar-refractivity contribution in [3.05, 3.63) is 11.6 Å². The van der Waals surface area contributed by atoms with E-state index in [-0.39, 0.29) is 53.2 Å². The van der Waals surface area contributed by atoms with E-state index in [2.05, 4.69) is 13.8 Å². The SMILES string of the molecule is CC(=O)C1CCC2C3CCC4=CC(=O)CCC4(C)C3[C@H](OC(=O)CCC(=O)O)CC12C. The first-order chi connectivity index (χ1) is 14.6. The van der Waals surface area contributed by atoms with E-state index < -0.39 is 11.9 Å². The number of esters is 1. The molecule has 4 aliphatic carbocycles. The van der Waals surface area contributed by atoms with Gasteiger partial charge < -0.3 is 9.84 Å². The summed E-state index contributed by atoms with van der Waals surface area (Å²) in [6.07, 6.45) is 6.75. The summed E-state index contributed by atoms with van der Waals surface area (Å²) in [7, 11) is 0. The molecule has 1 N–H and O–H groups in total. The summed E-state index contributed by atoms with van der Waals surface area (Å²) in [6.45, 7) is 6.09. The molecule has 0 aromatic rings. The maximum atomic E-state index is 12.6. The van der Waals surface area contributed by atoms with E-state index in [1.54, 1.807) is 6.92 Å². The second-order valence-corrected chi connectivity index (χ2v) is 10.8. The monoisotopic (exact) mass is 430 g/mol. The summed E-state index contributed by atoms with van der Waals surface area (Å²) < 4.78 is 6.03. The lowest BCUT2D eigenvalue weighted by Crippen LogP contribution is -2.58. The van der Waals surface area contributed by atoms with Gasteiger partial charge in [-0.2, -0.15) is 0 Å². The van der Waals surface area contributed by atoms with Crippen molar-refractivity contribution >= 4 is 23.5 Å². The summed E-state index contributed by atoms with van der Waals surface area (Å²) in [5, 5.41) is 8.95. The molecule has 3 saturated carbocycles. The van der Waals surface area contributed by atoms with Crippen LogP contribution in [-0.4, -0.2) is 34.7 Å². The predicted octanol–water partition coefficient (Wildman–Crippen LogP) is 4.11. The molecule has 0 aromatic heterocycles. The average Bonchev–Trinajstić information content (AvgIpc) is 3.03. The fourth-order valence-electron chi connectivity index (χ4n) is 7.87. The number of carboxylic acid groups (broad SMARTS) is 1. The minimum Gasteiger partial charge on any atom is -0.481 e. The molecule has 0 aliphatic heterocycles. The summed E-state index contributed by atoms with van der Waals surface area (Å²) in [6, 6.07) is 0. The third kappa shape index (κ3) is 3.66. The highest BCUT2D eigenvalue weighted by atomic mass is 16.5. The van der Waals surface area contributed by atoms with E-state index in [0.717, 1.165) is 32.1 Å². The second-order valence-electron chi connectivity index (χ2n) is 10.8. The van der Waals surface area contributed by atoms with Crippen molar-refractivity contribution in [1.29, 1.82) is 0 Å². The number of ketones is 2. The van der Waals surface area contributed by atoms with Crippen molar-refractivity contribution in [2.24, 2.45) is 34.5 Å². The van der Waals surface area contributed by atoms with Crippen LogP contribution in [0.15, 0.2) is 11.6 Å². The van der Waals surface area contributed by atoms with E-state index in [9.17, 15) is 19.2 Å². The highest BCUT2D eigenvalue weighted by Gasteiger charge is 2.63. The number of Topliss-reactive ketones (excluding diaryl/α,β-unsaturated/α-hetero) is 1. The van der Waals surface area contributed by atoms with Crippen molar-refractivity contribution in [2.75, 3.05) is 0 Å². The van der Waals surface area contributed by atoms with Gasteiger partial charge in [-0.1, -0.05) is 19.4 Å². The van der Waals surface area contributed by atoms with Crippen LogP contribution in [0.3, 0.4) is 0 Å². The molecule has 6 heteroatoms. The van der Waals surface area contributed by atoms with Crippen molar-refractivity contribution in [3.63, 3.8) is 0 Å². The molecule has 7 atom stereocenters. The third-order valence-electron chi connectivity index (χ3n) is 9.19. The smallest absolute Gasteiger partial charge is 0.306 e. The summed E-state index contributed by atoms with van der Waals surface area (Å²) in [4.78, 5) is 48.1. The first-order valence-corrected chi connectivity index (χ1v) is 11.7. The standard InChI is InChI=1S/C25H34O6/c1-14(26)18-6-7-19-17-5-4-15-12-16(27)10-11-24(15,2)23(17)20(13-25(18,19)3)31-22(30)9-8-21(28)29/h12,17-20,23H,4-11,13H2,1-3H3,(H,28,29)/t17?,18?,19?,20-,23?,24?,25?/m1/s1. The molecule has 6 nitrogen and oxygen atoms in total. The predicted molar refractivity (Wildman–Crippen MR) is 113 cm³/mol. The lowest BCUT2D eigenvalue weighted by molar-refractivity contribution is -0.178. The van der Waals surface area contributed by atoms with Crippen LogP contribution in [0.1, 0.15) is 78.6 Å². The molecule has 0 radical (unpaired) electrons. The number of allylic oxidation sites excluding steroid dienone is 1. The fourth-order valence-corrected chi connectivity index (χ4v) is 7.87. The van der Waals surface area contributed by atoms with E-state index in [1.165, 1.54) is 5.57 Å². The van der Waals surface area contributed by atoms with E-state index in [4.69, 9.17) is 9.84 Å².